The molecule has 0 aromatic carbocycles. The van der Waals surface area contributed by atoms with Crippen molar-refractivity contribution in [3.05, 3.63) is 11.9 Å². The highest BCUT2D eigenvalue weighted by Crippen LogP contribution is 2.31. The van der Waals surface area contributed by atoms with Gasteiger partial charge in [-0.2, -0.15) is 5.10 Å². The summed E-state index contributed by atoms with van der Waals surface area (Å²) in [4.78, 5) is 14.6. The van der Waals surface area contributed by atoms with Crippen LogP contribution in [0.5, 0.6) is 0 Å². The Morgan fingerprint density at radius 2 is 2.37 bits per heavy atom. The second kappa shape index (κ2) is 4.85. The summed E-state index contributed by atoms with van der Waals surface area (Å²) < 4.78 is 6.96. The largest absolute Gasteiger partial charge is 0.396 e. The quantitative estimate of drug-likeness (QED) is 0.866. The SMILES string of the molecule is Cn1ncc(N)c1C(=O)N(CC1CCOC1)C1CC1. The molecular weight excluding hydrogens is 244 g/mol. The Bertz CT molecular complexity index is 455. The minimum atomic E-state index is 0.00639. The molecule has 6 nitrogen and oxygen atoms in total. The van der Waals surface area contributed by atoms with Crippen molar-refractivity contribution in [3.8, 4) is 0 Å². The number of ether oxygens (including phenoxy) is 1. The Balaban J connectivity index is 1.77. The smallest absolute Gasteiger partial charge is 0.274 e. The van der Waals surface area contributed by atoms with Crippen molar-refractivity contribution in [2.75, 3.05) is 25.5 Å². The van der Waals surface area contributed by atoms with Crippen LogP contribution in [0.3, 0.4) is 0 Å². The van der Waals surface area contributed by atoms with E-state index in [1.165, 1.54) is 6.20 Å². The van der Waals surface area contributed by atoms with Gasteiger partial charge in [-0.3, -0.25) is 9.48 Å². The number of hydrogen-bond acceptors (Lipinski definition) is 4. The number of carbonyl (C=O) groups excluding carboxylic acids is 1. The lowest BCUT2D eigenvalue weighted by molar-refractivity contribution is 0.0696. The molecule has 0 radical (unpaired) electrons. The van der Waals surface area contributed by atoms with E-state index in [0.29, 0.717) is 23.3 Å². The zero-order valence-electron chi connectivity index (χ0n) is 11.2. The molecule has 104 valence electrons. The van der Waals surface area contributed by atoms with Crippen LogP contribution >= 0.6 is 0 Å². The van der Waals surface area contributed by atoms with Gasteiger partial charge < -0.3 is 15.4 Å². The predicted molar refractivity (Wildman–Crippen MR) is 70.6 cm³/mol. The lowest BCUT2D eigenvalue weighted by atomic mass is 10.1. The Hall–Kier alpha value is -1.56. The summed E-state index contributed by atoms with van der Waals surface area (Å²) in [5.74, 6) is 0.464. The minimum Gasteiger partial charge on any atom is -0.396 e. The Kier molecular flexibility index (Phi) is 3.18. The molecule has 1 aliphatic heterocycles. The Morgan fingerprint density at radius 1 is 1.58 bits per heavy atom. The Morgan fingerprint density at radius 3 is 2.89 bits per heavy atom. The van der Waals surface area contributed by atoms with Gasteiger partial charge >= 0.3 is 0 Å². The summed E-state index contributed by atoms with van der Waals surface area (Å²) in [6.07, 6.45) is 4.77. The molecule has 3 rings (SSSR count). The number of nitrogen functional groups attached to an aromatic ring is 1. The molecule has 2 N–H and O–H groups in total. The number of carbonyl (C=O) groups is 1. The van der Waals surface area contributed by atoms with Gasteiger partial charge in [-0.15, -0.1) is 0 Å². The first-order valence-electron chi connectivity index (χ1n) is 6.83. The maximum absolute atomic E-state index is 12.7. The third-order valence-corrected chi connectivity index (χ3v) is 3.90. The van der Waals surface area contributed by atoms with Gasteiger partial charge in [0, 0.05) is 32.2 Å². The van der Waals surface area contributed by atoms with E-state index >= 15 is 0 Å². The number of nitrogens with zero attached hydrogens (tertiary/aromatic N) is 3. The van der Waals surface area contributed by atoms with Crippen LogP contribution in [0.4, 0.5) is 5.69 Å². The van der Waals surface area contributed by atoms with Gasteiger partial charge in [0.05, 0.1) is 18.5 Å². The van der Waals surface area contributed by atoms with Crippen LogP contribution in [0.15, 0.2) is 6.20 Å². The van der Waals surface area contributed by atoms with Crippen LogP contribution in [-0.2, 0) is 11.8 Å². The molecule has 0 spiro atoms. The molecule has 1 saturated heterocycles. The fraction of sp³-hybridized carbons (Fsp3) is 0.692. The van der Waals surface area contributed by atoms with Crippen molar-refractivity contribution in [1.82, 2.24) is 14.7 Å². The van der Waals surface area contributed by atoms with Crippen LogP contribution in [0, 0.1) is 5.92 Å². The van der Waals surface area contributed by atoms with E-state index in [0.717, 1.165) is 39.0 Å². The summed E-state index contributed by atoms with van der Waals surface area (Å²) in [5, 5.41) is 4.05. The molecule has 1 aromatic rings. The molecule has 2 fully saturated rings. The fourth-order valence-corrected chi connectivity index (χ4v) is 2.64. The van der Waals surface area contributed by atoms with E-state index in [2.05, 4.69) is 5.10 Å². The van der Waals surface area contributed by atoms with Crippen molar-refractivity contribution in [1.29, 1.82) is 0 Å². The Labute approximate surface area is 112 Å². The van der Waals surface area contributed by atoms with E-state index in [9.17, 15) is 4.79 Å². The number of rotatable bonds is 4. The first-order chi connectivity index (χ1) is 9.16. The van der Waals surface area contributed by atoms with Crippen molar-refractivity contribution in [2.45, 2.75) is 25.3 Å². The van der Waals surface area contributed by atoms with E-state index in [1.54, 1.807) is 11.7 Å². The molecular formula is C13H20N4O2. The maximum atomic E-state index is 12.7. The number of amides is 1. The zero-order valence-corrected chi connectivity index (χ0v) is 11.2. The van der Waals surface area contributed by atoms with E-state index < -0.39 is 0 Å². The summed E-state index contributed by atoms with van der Waals surface area (Å²) >= 11 is 0. The van der Waals surface area contributed by atoms with Crippen LogP contribution < -0.4 is 5.73 Å². The molecule has 2 aliphatic rings. The van der Waals surface area contributed by atoms with Crippen molar-refractivity contribution in [3.63, 3.8) is 0 Å². The van der Waals surface area contributed by atoms with Crippen LogP contribution in [0.2, 0.25) is 0 Å². The highest BCUT2D eigenvalue weighted by Gasteiger charge is 2.36. The van der Waals surface area contributed by atoms with Gasteiger partial charge in [-0.1, -0.05) is 0 Å². The average Bonchev–Trinajstić information content (AvgIpc) is 2.99. The van der Waals surface area contributed by atoms with Crippen molar-refractivity contribution in [2.24, 2.45) is 13.0 Å². The van der Waals surface area contributed by atoms with Gasteiger partial charge in [0.1, 0.15) is 5.69 Å². The van der Waals surface area contributed by atoms with Gasteiger partial charge in [-0.05, 0) is 19.3 Å². The van der Waals surface area contributed by atoms with Crippen molar-refractivity contribution >= 4 is 11.6 Å². The van der Waals surface area contributed by atoms with Crippen molar-refractivity contribution < 1.29 is 9.53 Å². The molecule has 1 unspecified atom stereocenters. The summed E-state index contributed by atoms with van der Waals surface area (Å²) in [7, 11) is 1.76. The molecule has 1 aromatic heterocycles. The van der Waals surface area contributed by atoms with E-state index in [1.807, 2.05) is 4.90 Å². The average molecular weight is 264 g/mol. The molecule has 1 atom stereocenters. The summed E-state index contributed by atoms with van der Waals surface area (Å²) in [6, 6.07) is 0.377. The molecule has 1 saturated carbocycles. The first-order valence-corrected chi connectivity index (χ1v) is 6.83. The van der Waals surface area contributed by atoms with E-state index in [-0.39, 0.29) is 5.91 Å². The lowest BCUT2D eigenvalue weighted by Gasteiger charge is -2.25. The topological polar surface area (TPSA) is 73.4 Å². The molecule has 1 aliphatic carbocycles. The number of nitrogens with two attached hydrogens (primary N) is 1. The first kappa shape index (κ1) is 12.5. The third kappa shape index (κ3) is 2.45. The van der Waals surface area contributed by atoms with Gasteiger partial charge in [0.15, 0.2) is 0 Å². The molecule has 19 heavy (non-hydrogen) atoms. The molecule has 1 amide bonds. The van der Waals surface area contributed by atoms with E-state index in [4.69, 9.17) is 10.5 Å². The minimum absolute atomic E-state index is 0.00639. The van der Waals surface area contributed by atoms with Crippen LogP contribution in [0.1, 0.15) is 29.8 Å². The van der Waals surface area contributed by atoms with Gasteiger partial charge in [-0.25, -0.2) is 0 Å². The highest BCUT2D eigenvalue weighted by atomic mass is 16.5. The monoisotopic (exact) mass is 264 g/mol. The second-order valence-corrected chi connectivity index (χ2v) is 5.49. The maximum Gasteiger partial charge on any atom is 0.274 e. The molecule has 2 heterocycles. The zero-order chi connectivity index (χ0) is 13.4. The predicted octanol–water partition coefficient (Wildman–Crippen LogP) is 0.643. The second-order valence-electron chi connectivity index (χ2n) is 5.49. The highest BCUT2D eigenvalue weighted by molar-refractivity contribution is 5.97. The van der Waals surface area contributed by atoms with Crippen LogP contribution in [0.25, 0.3) is 0 Å². The number of aromatic nitrogens is 2. The number of anilines is 1. The molecule has 0 bridgehead atoms. The number of hydrogen-bond donors (Lipinski definition) is 1. The van der Waals surface area contributed by atoms with Gasteiger partial charge in [0.25, 0.3) is 5.91 Å². The normalized spacial score (nSPS) is 22.7. The third-order valence-electron chi connectivity index (χ3n) is 3.90. The van der Waals surface area contributed by atoms with Gasteiger partial charge in [0.2, 0.25) is 0 Å². The fourth-order valence-electron chi connectivity index (χ4n) is 2.64. The number of aryl methyl sites for hydroxylation is 1. The summed E-state index contributed by atoms with van der Waals surface area (Å²) in [5.41, 5.74) is 6.82. The standard InChI is InChI=1S/C13H20N4O2/c1-16-12(11(14)6-15-16)13(18)17(10-2-3-10)7-9-4-5-19-8-9/h6,9-10H,2-5,7-8,14H2,1H3. The summed E-state index contributed by atoms with van der Waals surface area (Å²) in [6.45, 7) is 2.34. The molecule has 6 heteroatoms. The lowest BCUT2D eigenvalue weighted by Crippen LogP contribution is -2.38. The van der Waals surface area contributed by atoms with Crippen LogP contribution in [-0.4, -0.2) is 46.4 Å².